The third-order valence-electron chi connectivity index (χ3n) is 3.94. The number of hydrogen-bond acceptors (Lipinski definition) is 5. The Morgan fingerprint density at radius 3 is 2.57 bits per heavy atom. The molecule has 1 aliphatic rings. The standard InChI is InChI=1S/C15H27N3O3/c1-11-8-15(19,9-12(2)21-11)14-13(20-5)10-16-18(14)7-6-17(3)4/h10-12,19H,6-9H2,1-5H3. The average molecular weight is 297 g/mol. The smallest absolute Gasteiger partial charge is 0.162 e. The van der Waals surface area contributed by atoms with Crippen LogP contribution in [0.3, 0.4) is 0 Å². The highest BCUT2D eigenvalue weighted by Crippen LogP contribution is 2.41. The van der Waals surface area contributed by atoms with Gasteiger partial charge in [-0.1, -0.05) is 0 Å². The van der Waals surface area contributed by atoms with Gasteiger partial charge in [0, 0.05) is 19.4 Å². The van der Waals surface area contributed by atoms with Gasteiger partial charge in [0.15, 0.2) is 5.75 Å². The summed E-state index contributed by atoms with van der Waals surface area (Å²) in [5.41, 5.74) is -0.181. The lowest BCUT2D eigenvalue weighted by molar-refractivity contribution is -0.139. The molecule has 0 saturated carbocycles. The summed E-state index contributed by atoms with van der Waals surface area (Å²) < 4.78 is 13.0. The van der Waals surface area contributed by atoms with Crippen molar-refractivity contribution >= 4 is 0 Å². The van der Waals surface area contributed by atoms with Gasteiger partial charge in [-0.15, -0.1) is 0 Å². The number of aliphatic hydroxyl groups is 1. The first-order valence-electron chi connectivity index (χ1n) is 7.48. The summed E-state index contributed by atoms with van der Waals surface area (Å²) in [6.45, 7) is 5.56. The van der Waals surface area contributed by atoms with Gasteiger partial charge in [-0.05, 0) is 27.9 Å². The molecule has 0 bridgehead atoms. The maximum Gasteiger partial charge on any atom is 0.162 e. The van der Waals surface area contributed by atoms with Gasteiger partial charge in [0.1, 0.15) is 11.3 Å². The van der Waals surface area contributed by atoms with Crippen molar-refractivity contribution in [3.8, 4) is 5.75 Å². The lowest BCUT2D eigenvalue weighted by Crippen LogP contribution is -2.43. The molecule has 2 heterocycles. The molecule has 120 valence electrons. The zero-order valence-corrected chi connectivity index (χ0v) is 13.7. The largest absolute Gasteiger partial charge is 0.493 e. The molecule has 0 radical (unpaired) electrons. The van der Waals surface area contributed by atoms with Crippen LogP contribution in [0.5, 0.6) is 5.75 Å². The average Bonchev–Trinajstić information content (AvgIpc) is 2.78. The molecule has 6 nitrogen and oxygen atoms in total. The molecule has 0 spiro atoms. The van der Waals surface area contributed by atoms with E-state index in [9.17, 15) is 5.11 Å². The topological polar surface area (TPSA) is 59.8 Å². The quantitative estimate of drug-likeness (QED) is 0.886. The summed E-state index contributed by atoms with van der Waals surface area (Å²) in [4.78, 5) is 2.09. The highest BCUT2D eigenvalue weighted by Gasteiger charge is 2.42. The fourth-order valence-electron chi connectivity index (χ4n) is 3.17. The van der Waals surface area contributed by atoms with Crippen molar-refractivity contribution in [2.45, 2.75) is 51.0 Å². The van der Waals surface area contributed by atoms with E-state index >= 15 is 0 Å². The van der Waals surface area contributed by atoms with Crippen molar-refractivity contribution in [2.24, 2.45) is 0 Å². The second-order valence-electron chi connectivity index (χ2n) is 6.29. The van der Waals surface area contributed by atoms with Crippen LogP contribution in [0.1, 0.15) is 32.4 Å². The third kappa shape index (κ3) is 3.56. The van der Waals surface area contributed by atoms with Crippen LogP contribution in [0.2, 0.25) is 0 Å². The minimum Gasteiger partial charge on any atom is -0.493 e. The minimum absolute atomic E-state index is 0.0145. The van der Waals surface area contributed by atoms with Gasteiger partial charge < -0.3 is 19.5 Å². The van der Waals surface area contributed by atoms with Gasteiger partial charge in [0.25, 0.3) is 0 Å². The van der Waals surface area contributed by atoms with E-state index in [-0.39, 0.29) is 12.2 Å². The summed E-state index contributed by atoms with van der Waals surface area (Å²) in [5, 5.41) is 15.6. The van der Waals surface area contributed by atoms with Crippen molar-refractivity contribution < 1.29 is 14.6 Å². The van der Waals surface area contributed by atoms with Gasteiger partial charge in [-0.25, -0.2) is 0 Å². The van der Waals surface area contributed by atoms with Crippen molar-refractivity contribution in [2.75, 3.05) is 27.7 Å². The number of nitrogens with zero attached hydrogens (tertiary/aromatic N) is 3. The number of aromatic nitrogens is 2. The lowest BCUT2D eigenvalue weighted by atomic mass is 9.84. The predicted octanol–water partition coefficient (Wildman–Crippen LogP) is 1.23. The van der Waals surface area contributed by atoms with E-state index in [1.54, 1.807) is 13.3 Å². The van der Waals surface area contributed by atoms with E-state index in [1.807, 2.05) is 32.6 Å². The summed E-state index contributed by atoms with van der Waals surface area (Å²) in [5.74, 6) is 0.651. The highest BCUT2D eigenvalue weighted by molar-refractivity contribution is 5.31. The van der Waals surface area contributed by atoms with Crippen LogP contribution in [-0.4, -0.2) is 59.7 Å². The predicted molar refractivity (Wildman–Crippen MR) is 80.5 cm³/mol. The Hall–Kier alpha value is -1.11. The molecule has 6 heteroatoms. The van der Waals surface area contributed by atoms with E-state index in [4.69, 9.17) is 9.47 Å². The summed E-state index contributed by atoms with van der Waals surface area (Å²) in [6.07, 6.45) is 2.83. The molecule has 2 atom stereocenters. The van der Waals surface area contributed by atoms with Crippen molar-refractivity contribution in [1.29, 1.82) is 0 Å². The van der Waals surface area contributed by atoms with Crippen LogP contribution in [0, 0.1) is 0 Å². The molecule has 1 aliphatic heterocycles. The molecule has 1 N–H and O–H groups in total. The van der Waals surface area contributed by atoms with Gasteiger partial charge in [0.05, 0.1) is 32.1 Å². The van der Waals surface area contributed by atoms with Crippen molar-refractivity contribution in [1.82, 2.24) is 14.7 Å². The second kappa shape index (κ2) is 6.34. The Kier molecular flexibility index (Phi) is 4.91. The van der Waals surface area contributed by atoms with E-state index < -0.39 is 5.60 Å². The normalized spacial score (nSPS) is 29.9. The molecule has 1 aromatic heterocycles. The second-order valence-corrected chi connectivity index (χ2v) is 6.29. The maximum absolute atomic E-state index is 11.2. The maximum atomic E-state index is 11.2. The first-order chi connectivity index (χ1) is 9.85. The molecule has 2 rings (SSSR count). The zero-order valence-electron chi connectivity index (χ0n) is 13.7. The number of methoxy groups -OCH3 is 1. The van der Waals surface area contributed by atoms with Gasteiger partial charge in [-0.2, -0.15) is 5.10 Å². The fourth-order valence-corrected chi connectivity index (χ4v) is 3.17. The Labute approximate surface area is 126 Å². The number of likely N-dealkylation sites (N-methyl/N-ethyl adjacent to an activating group) is 1. The Morgan fingerprint density at radius 2 is 2.05 bits per heavy atom. The van der Waals surface area contributed by atoms with Crippen molar-refractivity contribution in [3.63, 3.8) is 0 Å². The van der Waals surface area contributed by atoms with Crippen LogP contribution < -0.4 is 4.74 Å². The molecule has 21 heavy (non-hydrogen) atoms. The van der Waals surface area contributed by atoms with E-state index in [1.165, 1.54) is 0 Å². The number of ether oxygens (including phenoxy) is 2. The zero-order chi connectivity index (χ0) is 15.6. The first-order valence-corrected chi connectivity index (χ1v) is 7.48. The molecule has 1 fully saturated rings. The molecular formula is C15H27N3O3. The van der Waals surface area contributed by atoms with Crippen LogP contribution in [-0.2, 0) is 16.9 Å². The summed E-state index contributed by atoms with van der Waals surface area (Å²) >= 11 is 0. The van der Waals surface area contributed by atoms with Crippen LogP contribution in [0.15, 0.2) is 6.20 Å². The third-order valence-corrected chi connectivity index (χ3v) is 3.94. The van der Waals surface area contributed by atoms with E-state index in [0.29, 0.717) is 18.6 Å². The van der Waals surface area contributed by atoms with Gasteiger partial charge >= 0.3 is 0 Å². The Balaban J connectivity index is 2.33. The monoisotopic (exact) mass is 297 g/mol. The number of hydrogen-bond donors (Lipinski definition) is 1. The number of rotatable bonds is 5. The highest BCUT2D eigenvalue weighted by atomic mass is 16.5. The molecule has 1 saturated heterocycles. The van der Waals surface area contributed by atoms with Gasteiger partial charge in [0.2, 0.25) is 0 Å². The van der Waals surface area contributed by atoms with Crippen LogP contribution in [0.4, 0.5) is 0 Å². The SMILES string of the molecule is COc1cnn(CCN(C)C)c1C1(O)CC(C)OC(C)C1. The molecule has 0 aromatic carbocycles. The molecule has 0 aliphatic carbocycles. The summed E-state index contributed by atoms with van der Waals surface area (Å²) in [6, 6.07) is 0. The van der Waals surface area contributed by atoms with Crippen LogP contribution >= 0.6 is 0 Å². The van der Waals surface area contributed by atoms with Crippen molar-refractivity contribution in [3.05, 3.63) is 11.9 Å². The van der Waals surface area contributed by atoms with Gasteiger partial charge in [-0.3, -0.25) is 4.68 Å². The fraction of sp³-hybridized carbons (Fsp3) is 0.800. The molecule has 1 aromatic rings. The minimum atomic E-state index is -0.953. The summed E-state index contributed by atoms with van der Waals surface area (Å²) in [7, 11) is 5.66. The van der Waals surface area contributed by atoms with E-state index in [2.05, 4.69) is 10.00 Å². The Bertz CT molecular complexity index is 463. The molecule has 2 unspecified atom stereocenters. The van der Waals surface area contributed by atoms with E-state index in [0.717, 1.165) is 18.8 Å². The molecule has 0 amide bonds. The van der Waals surface area contributed by atoms with Crippen LogP contribution in [0.25, 0.3) is 0 Å². The lowest BCUT2D eigenvalue weighted by Gasteiger charge is -2.39. The Morgan fingerprint density at radius 1 is 1.43 bits per heavy atom. The first kappa shape index (κ1) is 16.3. The molecular weight excluding hydrogens is 270 g/mol.